The van der Waals surface area contributed by atoms with E-state index in [-0.39, 0.29) is 5.91 Å². The molecule has 0 unspecified atom stereocenters. The number of nitrogens with one attached hydrogen (secondary N) is 1. The van der Waals surface area contributed by atoms with E-state index in [1.54, 1.807) is 0 Å². The summed E-state index contributed by atoms with van der Waals surface area (Å²) in [4.78, 5) is 14.4. The van der Waals surface area contributed by atoms with Gasteiger partial charge in [0.25, 0.3) is 0 Å². The number of carbonyl (C=O) groups excluding carboxylic acids is 1. The topological polar surface area (TPSA) is 41.6 Å². The number of nitrogens with zero attached hydrogens (tertiary/aromatic N) is 1. The van der Waals surface area contributed by atoms with Crippen LogP contribution in [0.5, 0.6) is 0 Å². The van der Waals surface area contributed by atoms with Crippen molar-refractivity contribution in [3.05, 3.63) is 0 Å². The SMILES string of the molecule is C[C@@H]1CCC[C@H](C)N1C(=O)CCOC1CCNCC1. The van der Waals surface area contributed by atoms with Gasteiger partial charge in [-0.2, -0.15) is 0 Å². The minimum atomic E-state index is 0.272. The van der Waals surface area contributed by atoms with E-state index in [4.69, 9.17) is 4.74 Å². The van der Waals surface area contributed by atoms with Gasteiger partial charge in [-0.15, -0.1) is 0 Å². The predicted molar refractivity (Wildman–Crippen MR) is 76.1 cm³/mol. The zero-order valence-electron chi connectivity index (χ0n) is 12.4. The van der Waals surface area contributed by atoms with Crippen molar-refractivity contribution >= 4 is 5.91 Å². The molecule has 1 N–H and O–H groups in total. The molecule has 0 aliphatic carbocycles. The first-order valence-corrected chi connectivity index (χ1v) is 7.82. The molecule has 1 amide bonds. The van der Waals surface area contributed by atoms with E-state index in [1.165, 1.54) is 6.42 Å². The molecule has 0 bridgehead atoms. The maximum absolute atomic E-state index is 12.3. The summed E-state index contributed by atoms with van der Waals surface area (Å²) in [5.74, 6) is 0.272. The fourth-order valence-electron chi connectivity index (χ4n) is 3.32. The van der Waals surface area contributed by atoms with Crippen LogP contribution in [-0.2, 0) is 9.53 Å². The first-order valence-electron chi connectivity index (χ1n) is 7.82. The summed E-state index contributed by atoms with van der Waals surface area (Å²) in [5, 5.41) is 3.32. The van der Waals surface area contributed by atoms with Crippen molar-refractivity contribution in [3.8, 4) is 0 Å². The van der Waals surface area contributed by atoms with Crippen LogP contribution in [0.1, 0.15) is 52.4 Å². The molecule has 2 aliphatic rings. The highest BCUT2D eigenvalue weighted by atomic mass is 16.5. The van der Waals surface area contributed by atoms with Crippen LogP contribution in [0.4, 0.5) is 0 Å². The average molecular weight is 268 g/mol. The molecule has 4 heteroatoms. The molecule has 2 heterocycles. The van der Waals surface area contributed by atoms with Crippen molar-refractivity contribution < 1.29 is 9.53 Å². The Morgan fingerprint density at radius 3 is 2.42 bits per heavy atom. The molecule has 2 fully saturated rings. The van der Waals surface area contributed by atoms with Gasteiger partial charge in [-0.25, -0.2) is 0 Å². The molecule has 2 rings (SSSR count). The Hall–Kier alpha value is -0.610. The summed E-state index contributed by atoms with van der Waals surface area (Å²) in [6.07, 6.45) is 6.58. The Bertz CT molecular complexity index is 280. The lowest BCUT2D eigenvalue weighted by molar-refractivity contribution is -0.139. The van der Waals surface area contributed by atoms with Gasteiger partial charge in [0.15, 0.2) is 0 Å². The van der Waals surface area contributed by atoms with Crippen molar-refractivity contribution in [1.82, 2.24) is 10.2 Å². The molecule has 19 heavy (non-hydrogen) atoms. The van der Waals surface area contributed by atoms with Gasteiger partial charge in [0.2, 0.25) is 5.91 Å². The van der Waals surface area contributed by atoms with Gasteiger partial charge in [0.05, 0.1) is 19.1 Å². The predicted octanol–water partition coefficient (Wildman–Crippen LogP) is 1.93. The normalized spacial score (nSPS) is 29.5. The van der Waals surface area contributed by atoms with Crippen LogP contribution in [0.3, 0.4) is 0 Å². The maximum Gasteiger partial charge on any atom is 0.225 e. The third kappa shape index (κ3) is 4.18. The number of likely N-dealkylation sites (tertiary alicyclic amines) is 1. The van der Waals surface area contributed by atoms with Crippen molar-refractivity contribution in [3.63, 3.8) is 0 Å². The molecule has 4 nitrogen and oxygen atoms in total. The molecular weight excluding hydrogens is 240 g/mol. The van der Waals surface area contributed by atoms with Crippen LogP contribution in [0.25, 0.3) is 0 Å². The van der Waals surface area contributed by atoms with Gasteiger partial charge in [-0.3, -0.25) is 4.79 Å². The lowest BCUT2D eigenvalue weighted by Crippen LogP contribution is -2.47. The highest BCUT2D eigenvalue weighted by molar-refractivity contribution is 5.77. The van der Waals surface area contributed by atoms with Crippen molar-refractivity contribution in [2.45, 2.75) is 70.6 Å². The van der Waals surface area contributed by atoms with E-state index in [9.17, 15) is 4.79 Å². The minimum Gasteiger partial charge on any atom is -0.378 e. The molecule has 2 saturated heterocycles. The Labute approximate surface area is 116 Å². The molecule has 0 saturated carbocycles. The molecule has 0 aromatic rings. The lowest BCUT2D eigenvalue weighted by Gasteiger charge is -2.39. The van der Waals surface area contributed by atoms with E-state index < -0.39 is 0 Å². The molecule has 0 aromatic heterocycles. The second-order valence-electron chi connectivity index (χ2n) is 6.00. The summed E-state index contributed by atoms with van der Waals surface area (Å²) in [7, 11) is 0. The summed E-state index contributed by atoms with van der Waals surface area (Å²) in [6.45, 7) is 7.00. The first-order chi connectivity index (χ1) is 9.18. The van der Waals surface area contributed by atoms with Gasteiger partial charge in [0.1, 0.15) is 0 Å². The molecular formula is C15H28N2O2. The van der Waals surface area contributed by atoms with Gasteiger partial charge in [-0.05, 0) is 59.0 Å². The van der Waals surface area contributed by atoms with Crippen LogP contribution in [-0.4, -0.2) is 48.7 Å². The number of rotatable bonds is 4. The lowest BCUT2D eigenvalue weighted by atomic mass is 9.97. The maximum atomic E-state index is 12.3. The van der Waals surface area contributed by atoms with E-state index >= 15 is 0 Å². The summed E-state index contributed by atoms with van der Waals surface area (Å²) in [6, 6.07) is 0.797. The smallest absolute Gasteiger partial charge is 0.225 e. The van der Waals surface area contributed by atoms with Crippen molar-refractivity contribution in [1.29, 1.82) is 0 Å². The van der Waals surface area contributed by atoms with Crippen LogP contribution >= 0.6 is 0 Å². The van der Waals surface area contributed by atoms with Gasteiger partial charge >= 0.3 is 0 Å². The third-order valence-electron chi connectivity index (χ3n) is 4.44. The number of hydrogen-bond donors (Lipinski definition) is 1. The van der Waals surface area contributed by atoms with Crippen LogP contribution in [0.2, 0.25) is 0 Å². The highest BCUT2D eigenvalue weighted by Crippen LogP contribution is 2.23. The molecule has 2 atom stereocenters. The Balaban J connectivity index is 1.70. The van der Waals surface area contributed by atoms with Gasteiger partial charge in [0, 0.05) is 12.1 Å². The average Bonchev–Trinajstić information content (AvgIpc) is 2.40. The highest BCUT2D eigenvalue weighted by Gasteiger charge is 2.28. The zero-order chi connectivity index (χ0) is 13.7. The number of hydrogen-bond acceptors (Lipinski definition) is 3. The van der Waals surface area contributed by atoms with Crippen LogP contribution in [0, 0.1) is 0 Å². The van der Waals surface area contributed by atoms with Gasteiger partial charge in [-0.1, -0.05) is 0 Å². The monoisotopic (exact) mass is 268 g/mol. The Morgan fingerprint density at radius 2 is 1.79 bits per heavy atom. The molecule has 110 valence electrons. The van der Waals surface area contributed by atoms with Crippen LogP contribution in [0.15, 0.2) is 0 Å². The summed E-state index contributed by atoms with van der Waals surface area (Å²) >= 11 is 0. The van der Waals surface area contributed by atoms with Crippen molar-refractivity contribution in [2.75, 3.05) is 19.7 Å². The molecule has 2 aliphatic heterocycles. The second-order valence-corrected chi connectivity index (χ2v) is 6.00. The fraction of sp³-hybridized carbons (Fsp3) is 0.933. The summed E-state index contributed by atoms with van der Waals surface area (Å²) < 4.78 is 5.83. The van der Waals surface area contributed by atoms with E-state index in [2.05, 4.69) is 24.1 Å². The Morgan fingerprint density at radius 1 is 1.16 bits per heavy atom. The van der Waals surface area contributed by atoms with E-state index in [0.29, 0.717) is 31.2 Å². The largest absolute Gasteiger partial charge is 0.378 e. The zero-order valence-corrected chi connectivity index (χ0v) is 12.4. The number of carbonyl (C=O) groups is 1. The van der Waals surface area contributed by atoms with E-state index in [1.807, 2.05) is 0 Å². The molecule has 0 spiro atoms. The molecule has 0 radical (unpaired) electrons. The number of amides is 1. The second kappa shape index (κ2) is 7.25. The van der Waals surface area contributed by atoms with Crippen molar-refractivity contribution in [2.24, 2.45) is 0 Å². The quantitative estimate of drug-likeness (QED) is 0.847. The summed E-state index contributed by atoms with van der Waals surface area (Å²) in [5.41, 5.74) is 0. The minimum absolute atomic E-state index is 0.272. The van der Waals surface area contributed by atoms with Crippen LogP contribution < -0.4 is 5.32 Å². The standard InChI is InChI=1S/C15H28N2O2/c1-12-4-3-5-13(2)17(12)15(18)8-11-19-14-6-9-16-10-7-14/h12-14,16H,3-11H2,1-2H3/t12-,13+. The van der Waals surface area contributed by atoms with E-state index in [0.717, 1.165) is 38.8 Å². The number of ether oxygens (including phenoxy) is 1. The third-order valence-corrected chi connectivity index (χ3v) is 4.44. The molecule has 0 aromatic carbocycles. The first kappa shape index (κ1) is 14.8. The van der Waals surface area contributed by atoms with Gasteiger partial charge < -0.3 is 15.0 Å². The Kier molecular flexibility index (Phi) is 5.64. The number of piperidine rings is 2. The fourth-order valence-corrected chi connectivity index (χ4v) is 3.32.